The van der Waals surface area contributed by atoms with Crippen molar-refractivity contribution in [1.29, 1.82) is 0 Å². The molecule has 10 rings (SSSR count). The first-order valence-electron chi connectivity index (χ1n) is 14.7. The molecule has 43 heavy (non-hydrogen) atoms. The molecule has 3 heterocycles. The number of hydrogen-bond acceptors (Lipinski definition) is 1. The van der Waals surface area contributed by atoms with Gasteiger partial charge in [-0.2, -0.15) is 0 Å². The molecule has 0 aliphatic rings. The molecule has 0 radical (unpaired) electrons. The molecule has 0 bridgehead atoms. The van der Waals surface area contributed by atoms with Crippen molar-refractivity contribution in [3.8, 4) is 11.4 Å². The van der Waals surface area contributed by atoms with Gasteiger partial charge in [-0.25, -0.2) is 0 Å². The van der Waals surface area contributed by atoms with E-state index < -0.39 is 0 Å². The molecule has 3 aromatic heterocycles. The van der Waals surface area contributed by atoms with Crippen LogP contribution >= 0.6 is 0 Å². The Morgan fingerprint density at radius 3 is 1.93 bits per heavy atom. The van der Waals surface area contributed by atoms with E-state index in [1.54, 1.807) is 0 Å². The summed E-state index contributed by atoms with van der Waals surface area (Å²) in [5.74, 6) is 0. The van der Waals surface area contributed by atoms with Crippen LogP contribution in [0.3, 0.4) is 0 Å². The molecule has 0 saturated heterocycles. The number of para-hydroxylation sites is 3. The second-order valence-electron chi connectivity index (χ2n) is 11.3. The van der Waals surface area contributed by atoms with Crippen molar-refractivity contribution in [2.45, 2.75) is 0 Å². The van der Waals surface area contributed by atoms with Crippen molar-refractivity contribution in [3.05, 3.63) is 146 Å². The van der Waals surface area contributed by atoms with Crippen LogP contribution in [0.25, 0.3) is 87.7 Å². The van der Waals surface area contributed by atoms with E-state index in [1.807, 2.05) is 6.07 Å². The molecule has 200 valence electrons. The van der Waals surface area contributed by atoms with Gasteiger partial charge in [-0.15, -0.1) is 0 Å². The van der Waals surface area contributed by atoms with Crippen molar-refractivity contribution >= 4 is 76.3 Å². The zero-order valence-corrected chi connectivity index (χ0v) is 23.2. The Hall–Kier alpha value is -5.80. The topological polar surface area (TPSA) is 23.0 Å². The Labute approximate surface area is 246 Å². The molecule has 0 fully saturated rings. The van der Waals surface area contributed by atoms with Crippen LogP contribution in [0, 0.1) is 0 Å². The number of fused-ring (bicyclic) bond motifs is 12. The van der Waals surface area contributed by atoms with Gasteiger partial charge >= 0.3 is 0 Å². The lowest BCUT2D eigenvalue weighted by Crippen LogP contribution is -1.96. The summed E-state index contributed by atoms with van der Waals surface area (Å²) < 4.78 is 11.4. The Bertz CT molecular complexity index is 2720. The van der Waals surface area contributed by atoms with Gasteiger partial charge in [0.15, 0.2) is 5.58 Å². The fraction of sp³-hybridized carbons (Fsp3) is 0. The lowest BCUT2D eigenvalue weighted by atomic mass is 10.1. The Kier molecular flexibility index (Phi) is 4.45. The maximum absolute atomic E-state index is 6.60. The second-order valence-corrected chi connectivity index (χ2v) is 11.3. The molecule has 0 atom stereocenters. The first-order valence-corrected chi connectivity index (χ1v) is 14.7. The fourth-order valence-corrected chi connectivity index (χ4v) is 7.25. The maximum Gasteiger partial charge on any atom is 0.160 e. The smallest absolute Gasteiger partial charge is 0.160 e. The molecule has 10 aromatic rings. The number of furan rings is 1. The summed E-state index contributed by atoms with van der Waals surface area (Å²) in [4.78, 5) is 0. The fourth-order valence-electron chi connectivity index (χ4n) is 7.25. The van der Waals surface area contributed by atoms with E-state index in [1.165, 1.54) is 48.9 Å². The molecule has 0 aliphatic carbocycles. The summed E-state index contributed by atoms with van der Waals surface area (Å²) in [7, 11) is 0. The summed E-state index contributed by atoms with van der Waals surface area (Å²) in [6.07, 6.45) is 0. The minimum Gasteiger partial charge on any atom is -0.454 e. The van der Waals surface area contributed by atoms with E-state index in [2.05, 4.69) is 149 Å². The molecule has 0 aliphatic heterocycles. The van der Waals surface area contributed by atoms with E-state index >= 15 is 0 Å². The Morgan fingerprint density at radius 2 is 1.02 bits per heavy atom. The lowest BCUT2D eigenvalue weighted by Gasteiger charge is -2.11. The Morgan fingerprint density at radius 1 is 0.372 bits per heavy atom. The van der Waals surface area contributed by atoms with Gasteiger partial charge in [-0.05, 0) is 53.9 Å². The predicted molar refractivity (Wildman–Crippen MR) is 180 cm³/mol. The van der Waals surface area contributed by atoms with Crippen LogP contribution in [0.15, 0.2) is 150 Å². The van der Waals surface area contributed by atoms with Crippen molar-refractivity contribution < 1.29 is 4.42 Å². The number of aromatic nitrogens is 2. The minimum absolute atomic E-state index is 0.912. The van der Waals surface area contributed by atoms with Gasteiger partial charge in [-0.3, -0.25) is 0 Å². The van der Waals surface area contributed by atoms with Crippen LogP contribution in [-0.4, -0.2) is 9.13 Å². The van der Waals surface area contributed by atoms with Gasteiger partial charge in [0.05, 0.1) is 22.1 Å². The summed E-state index contributed by atoms with van der Waals surface area (Å²) >= 11 is 0. The molecular formula is C40H24N2O. The van der Waals surface area contributed by atoms with Gasteiger partial charge in [0, 0.05) is 49.1 Å². The van der Waals surface area contributed by atoms with Crippen molar-refractivity contribution in [2.24, 2.45) is 0 Å². The van der Waals surface area contributed by atoms with Crippen molar-refractivity contribution in [3.63, 3.8) is 0 Å². The van der Waals surface area contributed by atoms with Crippen molar-refractivity contribution in [2.75, 3.05) is 0 Å². The number of benzene rings is 7. The predicted octanol–water partition coefficient (Wildman–Crippen LogP) is 10.9. The molecule has 0 unspecified atom stereocenters. The molecule has 0 amide bonds. The molecule has 0 N–H and O–H groups in total. The van der Waals surface area contributed by atoms with Crippen LogP contribution in [0.5, 0.6) is 0 Å². The van der Waals surface area contributed by atoms with E-state index in [-0.39, 0.29) is 0 Å². The third-order valence-corrected chi connectivity index (χ3v) is 9.09. The van der Waals surface area contributed by atoms with E-state index in [4.69, 9.17) is 4.42 Å². The standard InChI is InChI=1S/C40H24N2O/c1-2-11-26(12-3-1)41-36-23-19-27(24-34(36)32-20-18-25-10-4-5-13-28(25)38(32)41)42-35-16-8-6-14-29(35)31-21-22-33-30-15-7-9-17-37(30)43-40(33)39(31)42/h1-24H. The largest absolute Gasteiger partial charge is 0.454 e. The van der Waals surface area contributed by atoms with Crippen LogP contribution < -0.4 is 0 Å². The first-order chi connectivity index (χ1) is 21.3. The quantitative estimate of drug-likeness (QED) is 0.211. The number of nitrogens with zero attached hydrogens (tertiary/aromatic N) is 2. The molecular weight excluding hydrogens is 524 g/mol. The van der Waals surface area contributed by atoms with Crippen LogP contribution in [-0.2, 0) is 0 Å². The monoisotopic (exact) mass is 548 g/mol. The third kappa shape index (κ3) is 3.03. The van der Waals surface area contributed by atoms with Crippen LogP contribution in [0.2, 0.25) is 0 Å². The summed E-state index contributed by atoms with van der Waals surface area (Å²) in [5.41, 5.74) is 8.81. The molecule has 3 nitrogen and oxygen atoms in total. The highest BCUT2D eigenvalue weighted by Crippen LogP contribution is 2.42. The normalized spacial score (nSPS) is 12.2. The highest BCUT2D eigenvalue weighted by molar-refractivity contribution is 6.22. The van der Waals surface area contributed by atoms with Gasteiger partial charge in [0.2, 0.25) is 0 Å². The van der Waals surface area contributed by atoms with E-state index in [0.717, 1.165) is 38.8 Å². The zero-order valence-electron chi connectivity index (χ0n) is 23.2. The third-order valence-electron chi connectivity index (χ3n) is 9.09. The highest BCUT2D eigenvalue weighted by atomic mass is 16.3. The van der Waals surface area contributed by atoms with Crippen LogP contribution in [0.4, 0.5) is 0 Å². The average Bonchev–Trinajstić information content (AvgIpc) is 3.73. The highest BCUT2D eigenvalue weighted by Gasteiger charge is 2.21. The maximum atomic E-state index is 6.60. The van der Waals surface area contributed by atoms with E-state index in [0.29, 0.717) is 0 Å². The zero-order chi connectivity index (χ0) is 28.1. The first kappa shape index (κ1) is 22.8. The molecule has 3 heteroatoms. The lowest BCUT2D eigenvalue weighted by molar-refractivity contribution is 0.671. The average molecular weight is 549 g/mol. The number of hydrogen-bond donors (Lipinski definition) is 0. The van der Waals surface area contributed by atoms with Gasteiger partial charge in [0.25, 0.3) is 0 Å². The van der Waals surface area contributed by atoms with Gasteiger partial charge < -0.3 is 13.6 Å². The SMILES string of the molecule is c1ccc(-n2c3ccc(-n4c5ccccc5c5ccc6c7ccccc7oc6c54)cc3c3ccc4ccccc4c32)cc1. The Balaban J connectivity index is 1.37. The summed E-state index contributed by atoms with van der Waals surface area (Å²) in [6, 6.07) is 52.3. The van der Waals surface area contributed by atoms with Crippen LogP contribution in [0.1, 0.15) is 0 Å². The molecule has 0 saturated carbocycles. The van der Waals surface area contributed by atoms with Gasteiger partial charge in [0.1, 0.15) is 5.58 Å². The summed E-state index contributed by atoms with van der Waals surface area (Å²) in [6.45, 7) is 0. The number of rotatable bonds is 2. The van der Waals surface area contributed by atoms with E-state index in [9.17, 15) is 0 Å². The summed E-state index contributed by atoms with van der Waals surface area (Å²) in [5, 5.41) is 9.66. The van der Waals surface area contributed by atoms with Crippen molar-refractivity contribution in [1.82, 2.24) is 9.13 Å². The molecule has 0 spiro atoms. The minimum atomic E-state index is 0.912. The van der Waals surface area contributed by atoms with Gasteiger partial charge in [-0.1, -0.05) is 97.1 Å². The molecule has 7 aromatic carbocycles. The second kappa shape index (κ2) is 8.37.